The van der Waals surface area contributed by atoms with Gasteiger partial charge in [0, 0.05) is 12.1 Å². The van der Waals surface area contributed by atoms with Gasteiger partial charge in [-0.1, -0.05) is 26.0 Å². The Morgan fingerprint density at radius 3 is 2.57 bits per heavy atom. The molecule has 21 heavy (non-hydrogen) atoms. The molecule has 0 saturated carbocycles. The summed E-state index contributed by atoms with van der Waals surface area (Å²) in [5.41, 5.74) is 6.43. The van der Waals surface area contributed by atoms with Gasteiger partial charge in [-0.15, -0.1) is 0 Å². The third-order valence-electron chi connectivity index (χ3n) is 3.72. The molecule has 0 spiro atoms. The highest BCUT2D eigenvalue weighted by Crippen LogP contribution is 2.22. The van der Waals surface area contributed by atoms with Crippen molar-refractivity contribution in [1.82, 2.24) is 5.32 Å². The predicted octanol–water partition coefficient (Wildman–Crippen LogP) is 2.68. The Bertz CT molecular complexity index is 474. The second kappa shape index (κ2) is 7.46. The Morgan fingerprint density at radius 2 is 2.05 bits per heavy atom. The molecule has 3 N–H and O–H groups in total. The first-order valence-corrected chi connectivity index (χ1v) is 7.47. The van der Waals surface area contributed by atoms with Gasteiger partial charge in [-0.25, -0.2) is 0 Å². The summed E-state index contributed by atoms with van der Waals surface area (Å²) >= 11 is 0. The van der Waals surface area contributed by atoms with E-state index in [0.29, 0.717) is 12.5 Å². The van der Waals surface area contributed by atoms with Gasteiger partial charge < -0.3 is 15.8 Å². The number of carbonyl (C=O) groups is 1. The van der Waals surface area contributed by atoms with Gasteiger partial charge in [0.2, 0.25) is 5.91 Å². The van der Waals surface area contributed by atoms with E-state index in [-0.39, 0.29) is 17.4 Å². The summed E-state index contributed by atoms with van der Waals surface area (Å²) in [6, 6.07) is 7.60. The molecule has 0 radical (unpaired) electrons. The zero-order valence-electron chi connectivity index (χ0n) is 13.8. The zero-order valence-corrected chi connectivity index (χ0v) is 13.8. The highest BCUT2D eigenvalue weighted by molar-refractivity contribution is 5.84. The van der Waals surface area contributed by atoms with Crippen LogP contribution in [-0.2, 0) is 4.79 Å². The van der Waals surface area contributed by atoms with Gasteiger partial charge >= 0.3 is 0 Å². The molecule has 118 valence electrons. The van der Waals surface area contributed by atoms with E-state index in [0.717, 1.165) is 17.7 Å². The average Bonchev–Trinajstić information content (AvgIpc) is 2.45. The van der Waals surface area contributed by atoms with Crippen molar-refractivity contribution in [1.29, 1.82) is 0 Å². The van der Waals surface area contributed by atoms with E-state index in [1.54, 1.807) is 7.11 Å². The van der Waals surface area contributed by atoms with Gasteiger partial charge in [0.25, 0.3) is 0 Å². The lowest BCUT2D eigenvalue weighted by atomic mass is 9.89. The number of hydrogen-bond acceptors (Lipinski definition) is 3. The van der Waals surface area contributed by atoms with Crippen molar-refractivity contribution < 1.29 is 9.53 Å². The van der Waals surface area contributed by atoms with Gasteiger partial charge in [-0.2, -0.15) is 0 Å². The first kappa shape index (κ1) is 17.5. The van der Waals surface area contributed by atoms with Crippen molar-refractivity contribution in [2.75, 3.05) is 13.7 Å². The summed E-state index contributed by atoms with van der Waals surface area (Å²) in [7, 11) is 1.62. The molecule has 1 aromatic rings. The quantitative estimate of drug-likeness (QED) is 0.812. The Morgan fingerprint density at radius 1 is 1.38 bits per heavy atom. The molecular weight excluding hydrogens is 264 g/mol. The SMILES string of the molecule is COc1cccc(C(C)C(=O)NC(C)(CN)CC(C)C)c1. The number of nitrogens with two attached hydrogens (primary N) is 1. The van der Waals surface area contributed by atoms with Crippen LogP contribution in [0.5, 0.6) is 5.75 Å². The van der Waals surface area contributed by atoms with Crippen molar-refractivity contribution in [3.8, 4) is 5.75 Å². The Kier molecular flexibility index (Phi) is 6.21. The van der Waals surface area contributed by atoms with E-state index >= 15 is 0 Å². The summed E-state index contributed by atoms with van der Waals surface area (Å²) in [5.74, 6) is 0.997. The smallest absolute Gasteiger partial charge is 0.227 e. The fourth-order valence-electron chi connectivity index (χ4n) is 2.55. The van der Waals surface area contributed by atoms with E-state index in [1.165, 1.54) is 0 Å². The van der Waals surface area contributed by atoms with Gasteiger partial charge in [0.1, 0.15) is 5.75 Å². The summed E-state index contributed by atoms with van der Waals surface area (Å²) in [6.45, 7) is 8.60. The van der Waals surface area contributed by atoms with E-state index in [1.807, 2.05) is 38.1 Å². The predicted molar refractivity (Wildman–Crippen MR) is 86.5 cm³/mol. The van der Waals surface area contributed by atoms with E-state index in [9.17, 15) is 4.79 Å². The van der Waals surface area contributed by atoms with Gasteiger partial charge in [0.15, 0.2) is 0 Å². The van der Waals surface area contributed by atoms with Crippen molar-refractivity contribution in [2.45, 2.75) is 45.6 Å². The van der Waals surface area contributed by atoms with E-state index < -0.39 is 0 Å². The third kappa shape index (κ3) is 5.05. The van der Waals surface area contributed by atoms with Crippen LogP contribution in [0.1, 0.15) is 45.6 Å². The summed E-state index contributed by atoms with van der Waals surface area (Å²) < 4.78 is 5.21. The molecule has 0 aliphatic rings. The fraction of sp³-hybridized carbons (Fsp3) is 0.588. The summed E-state index contributed by atoms with van der Waals surface area (Å²) in [5, 5.41) is 3.11. The maximum atomic E-state index is 12.5. The topological polar surface area (TPSA) is 64.3 Å². The highest BCUT2D eigenvalue weighted by atomic mass is 16.5. The lowest BCUT2D eigenvalue weighted by Gasteiger charge is -2.32. The molecule has 0 saturated heterocycles. The first-order valence-electron chi connectivity index (χ1n) is 7.47. The Hall–Kier alpha value is -1.55. The molecule has 0 aliphatic carbocycles. The molecule has 0 aromatic heterocycles. The maximum Gasteiger partial charge on any atom is 0.227 e. The minimum Gasteiger partial charge on any atom is -0.497 e. The minimum atomic E-state index is -0.363. The molecule has 2 atom stereocenters. The minimum absolute atomic E-state index is 0.00291. The molecular formula is C17H28N2O2. The molecule has 0 fully saturated rings. The number of hydrogen-bond donors (Lipinski definition) is 2. The van der Waals surface area contributed by atoms with Gasteiger partial charge in [-0.05, 0) is 43.9 Å². The van der Waals surface area contributed by atoms with Crippen LogP contribution in [0.15, 0.2) is 24.3 Å². The van der Waals surface area contributed by atoms with Crippen molar-refractivity contribution in [2.24, 2.45) is 11.7 Å². The van der Waals surface area contributed by atoms with Crippen LogP contribution in [0.25, 0.3) is 0 Å². The third-order valence-corrected chi connectivity index (χ3v) is 3.72. The normalized spacial score (nSPS) is 15.4. The van der Waals surface area contributed by atoms with Crippen LogP contribution >= 0.6 is 0 Å². The van der Waals surface area contributed by atoms with Crippen LogP contribution < -0.4 is 15.8 Å². The van der Waals surface area contributed by atoms with Crippen LogP contribution in [0, 0.1) is 5.92 Å². The number of nitrogens with one attached hydrogen (secondary N) is 1. The number of methoxy groups -OCH3 is 1. The summed E-state index contributed by atoms with van der Waals surface area (Å²) in [6.07, 6.45) is 0.861. The van der Waals surface area contributed by atoms with E-state index in [4.69, 9.17) is 10.5 Å². The Balaban J connectivity index is 2.81. The van der Waals surface area contributed by atoms with Gasteiger partial charge in [0.05, 0.1) is 13.0 Å². The van der Waals surface area contributed by atoms with E-state index in [2.05, 4.69) is 19.2 Å². The number of amides is 1. The molecule has 4 nitrogen and oxygen atoms in total. The largest absolute Gasteiger partial charge is 0.497 e. The number of carbonyl (C=O) groups excluding carboxylic acids is 1. The molecule has 1 amide bonds. The maximum absolute atomic E-state index is 12.5. The lowest BCUT2D eigenvalue weighted by molar-refractivity contribution is -0.124. The molecule has 1 aromatic carbocycles. The van der Waals surface area contributed by atoms with Crippen molar-refractivity contribution >= 4 is 5.91 Å². The second-order valence-electron chi connectivity index (χ2n) is 6.35. The first-order chi connectivity index (χ1) is 9.81. The van der Waals surface area contributed by atoms with Crippen LogP contribution in [0.4, 0.5) is 0 Å². The number of ether oxygens (including phenoxy) is 1. The van der Waals surface area contributed by atoms with Crippen LogP contribution in [0.3, 0.4) is 0 Å². The standard InChI is InChI=1S/C17H28N2O2/c1-12(2)10-17(4,11-18)19-16(20)13(3)14-7-6-8-15(9-14)21-5/h6-9,12-13H,10-11,18H2,1-5H3,(H,19,20). The molecule has 2 unspecified atom stereocenters. The molecule has 0 aliphatic heterocycles. The molecule has 1 rings (SSSR count). The number of benzene rings is 1. The van der Waals surface area contributed by atoms with Crippen LogP contribution in [-0.4, -0.2) is 25.1 Å². The molecule has 0 bridgehead atoms. The average molecular weight is 292 g/mol. The number of rotatable bonds is 7. The second-order valence-corrected chi connectivity index (χ2v) is 6.35. The molecule has 4 heteroatoms. The van der Waals surface area contributed by atoms with Crippen LogP contribution in [0.2, 0.25) is 0 Å². The monoisotopic (exact) mass is 292 g/mol. The summed E-state index contributed by atoms with van der Waals surface area (Å²) in [4.78, 5) is 12.5. The van der Waals surface area contributed by atoms with Crippen molar-refractivity contribution in [3.63, 3.8) is 0 Å². The lowest BCUT2D eigenvalue weighted by Crippen LogP contribution is -2.53. The van der Waals surface area contributed by atoms with Crippen molar-refractivity contribution in [3.05, 3.63) is 29.8 Å². The van der Waals surface area contributed by atoms with Gasteiger partial charge in [-0.3, -0.25) is 4.79 Å². The Labute approximate surface area is 128 Å². The highest BCUT2D eigenvalue weighted by Gasteiger charge is 2.28. The molecule has 0 heterocycles. The fourth-order valence-corrected chi connectivity index (χ4v) is 2.55. The zero-order chi connectivity index (χ0) is 16.0.